The number of nitrogens with zero attached hydrogens (tertiary/aromatic N) is 1. The zero-order chi connectivity index (χ0) is 30.3. The summed E-state index contributed by atoms with van der Waals surface area (Å²) < 4.78 is 36.3. The summed E-state index contributed by atoms with van der Waals surface area (Å²) in [5, 5.41) is 3.14. The van der Waals surface area contributed by atoms with E-state index in [-0.39, 0.29) is 23.8 Å². The Morgan fingerprint density at radius 3 is 2.43 bits per heavy atom. The number of amides is 2. The van der Waals surface area contributed by atoms with Crippen LogP contribution in [0.25, 0.3) is 22.1 Å². The van der Waals surface area contributed by atoms with Crippen molar-refractivity contribution in [3.63, 3.8) is 0 Å². The van der Waals surface area contributed by atoms with Gasteiger partial charge in [-0.3, -0.25) is 14.3 Å². The summed E-state index contributed by atoms with van der Waals surface area (Å²) in [7, 11) is -3.40. The number of fused-ring (bicyclic) bond motifs is 1. The average Bonchev–Trinajstić information content (AvgIpc) is 3.67. The molecule has 5 rings (SSSR count). The van der Waals surface area contributed by atoms with Crippen molar-refractivity contribution in [2.24, 2.45) is 11.3 Å². The lowest BCUT2D eigenvalue weighted by atomic mass is 9.95. The molecular weight excluding hydrogens is 558 g/mol. The van der Waals surface area contributed by atoms with Crippen molar-refractivity contribution >= 4 is 38.7 Å². The zero-order valence-electron chi connectivity index (χ0n) is 23.9. The fourth-order valence-electron chi connectivity index (χ4n) is 4.77. The molecule has 10 nitrogen and oxygen atoms in total. The summed E-state index contributed by atoms with van der Waals surface area (Å²) >= 11 is 0. The van der Waals surface area contributed by atoms with Crippen LogP contribution in [0.2, 0.25) is 0 Å². The fraction of sp³-hybridized carbons (Fsp3) is 0.387. The maximum atomic E-state index is 13.1. The standard InChI is InChI=1S/C31H33N3O7S/c1-30(2,3)41-29(37)32-19-31(13-14-31)28(36)34-16-21(17-34)6-5-20-7-12-24-26(15-20)40-18-25(27(24)35)22-8-10-23(11-9-22)33-42(4,38)39/h7-12,15,18,21,33H,13-14,16-17,19H2,1-4H3,(H,32,37). The fourth-order valence-corrected chi connectivity index (χ4v) is 5.33. The van der Waals surface area contributed by atoms with Crippen LogP contribution < -0.4 is 15.5 Å². The van der Waals surface area contributed by atoms with Crippen molar-refractivity contribution in [2.75, 3.05) is 30.6 Å². The molecule has 1 saturated carbocycles. The molecule has 1 saturated heterocycles. The molecule has 0 bridgehead atoms. The summed E-state index contributed by atoms with van der Waals surface area (Å²) in [4.78, 5) is 39.9. The molecule has 0 spiro atoms. The van der Waals surface area contributed by atoms with E-state index in [4.69, 9.17) is 9.15 Å². The van der Waals surface area contributed by atoms with Crippen LogP contribution in [0.4, 0.5) is 10.5 Å². The third-order valence-electron chi connectivity index (χ3n) is 7.14. The highest BCUT2D eigenvalue weighted by Gasteiger charge is 2.53. The predicted molar refractivity (Wildman–Crippen MR) is 159 cm³/mol. The minimum atomic E-state index is -3.40. The van der Waals surface area contributed by atoms with E-state index in [1.807, 2.05) is 0 Å². The van der Waals surface area contributed by atoms with Crippen molar-refractivity contribution in [3.8, 4) is 23.0 Å². The van der Waals surface area contributed by atoms with Gasteiger partial charge in [0.05, 0.1) is 28.5 Å². The van der Waals surface area contributed by atoms with Gasteiger partial charge in [0.15, 0.2) is 5.43 Å². The number of hydrogen-bond donors (Lipinski definition) is 2. The number of nitrogens with one attached hydrogen (secondary N) is 2. The minimum absolute atomic E-state index is 0.0359. The van der Waals surface area contributed by atoms with Gasteiger partial charge in [0.25, 0.3) is 0 Å². The van der Waals surface area contributed by atoms with Crippen LogP contribution in [0.1, 0.15) is 39.2 Å². The molecule has 0 atom stereocenters. The molecule has 2 heterocycles. The highest BCUT2D eigenvalue weighted by Crippen LogP contribution is 2.47. The van der Waals surface area contributed by atoms with Crippen molar-refractivity contribution in [1.82, 2.24) is 10.2 Å². The Morgan fingerprint density at radius 1 is 1.12 bits per heavy atom. The number of anilines is 1. The van der Waals surface area contributed by atoms with E-state index in [9.17, 15) is 22.8 Å². The van der Waals surface area contributed by atoms with Gasteiger partial charge in [-0.1, -0.05) is 24.0 Å². The lowest BCUT2D eigenvalue weighted by molar-refractivity contribution is -0.142. The molecule has 0 radical (unpaired) electrons. The second kappa shape index (κ2) is 10.8. The molecule has 220 valence electrons. The smallest absolute Gasteiger partial charge is 0.407 e. The van der Waals surface area contributed by atoms with Crippen LogP contribution in [0.15, 0.2) is 57.9 Å². The SMILES string of the molecule is CC(C)(C)OC(=O)NCC1(C(=O)N2CC(C#Cc3ccc4c(=O)c(-c5ccc(NS(C)(=O)=O)cc5)coc4c3)C2)CC1. The van der Waals surface area contributed by atoms with Crippen molar-refractivity contribution in [1.29, 1.82) is 0 Å². The molecule has 42 heavy (non-hydrogen) atoms. The summed E-state index contributed by atoms with van der Waals surface area (Å²) in [6, 6.07) is 11.6. The Balaban J connectivity index is 1.19. The maximum absolute atomic E-state index is 13.1. The molecule has 2 N–H and O–H groups in total. The van der Waals surface area contributed by atoms with E-state index in [1.165, 1.54) is 6.26 Å². The van der Waals surface area contributed by atoms with Crippen LogP contribution in [-0.4, -0.2) is 56.8 Å². The van der Waals surface area contributed by atoms with Gasteiger partial charge in [-0.25, -0.2) is 13.2 Å². The first kappa shape index (κ1) is 29.2. The molecule has 0 unspecified atom stereocenters. The van der Waals surface area contributed by atoms with E-state index < -0.39 is 27.1 Å². The van der Waals surface area contributed by atoms with Crippen molar-refractivity contribution in [2.45, 2.75) is 39.2 Å². The summed E-state index contributed by atoms with van der Waals surface area (Å²) in [5.41, 5.74) is 1.12. The van der Waals surface area contributed by atoms with Crippen LogP contribution in [0.5, 0.6) is 0 Å². The molecule has 11 heteroatoms. The third kappa shape index (κ3) is 6.77. The quantitative estimate of drug-likeness (QED) is 0.415. The number of carbonyl (C=O) groups excluding carboxylic acids is 2. The normalized spacial score (nSPS) is 16.1. The Morgan fingerprint density at radius 2 is 1.81 bits per heavy atom. The number of carbonyl (C=O) groups is 2. The molecule has 1 aromatic heterocycles. The van der Waals surface area contributed by atoms with E-state index in [0.717, 1.165) is 19.1 Å². The highest BCUT2D eigenvalue weighted by molar-refractivity contribution is 7.92. The van der Waals surface area contributed by atoms with Gasteiger partial charge in [-0.15, -0.1) is 0 Å². The molecule has 2 fully saturated rings. The van der Waals surface area contributed by atoms with Gasteiger partial charge < -0.3 is 19.4 Å². The van der Waals surface area contributed by atoms with E-state index in [2.05, 4.69) is 21.9 Å². The lowest BCUT2D eigenvalue weighted by Crippen LogP contribution is -2.54. The average molecular weight is 592 g/mol. The van der Waals surface area contributed by atoms with E-state index >= 15 is 0 Å². The molecular formula is C31H33N3O7S. The van der Waals surface area contributed by atoms with Gasteiger partial charge in [-0.05, 0) is 69.5 Å². The van der Waals surface area contributed by atoms with Crippen LogP contribution in [0, 0.1) is 23.2 Å². The van der Waals surface area contributed by atoms with E-state index in [1.54, 1.807) is 68.1 Å². The second-order valence-corrected chi connectivity index (χ2v) is 13.7. The van der Waals surface area contributed by atoms with Crippen LogP contribution >= 0.6 is 0 Å². The van der Waals surface area contributed by atoms with Gasteiger partial charge in [-0.2, -0.15) is 0 Å². The minimum Gasteiger partial charge on any atom is -0.463 e. The van der Waals surface area contributed by atoms with Crippen molar-refractivity contribution in [3.05, 3.63) is 64.5 Å². The summed E-state index contributed by atoms with van der Waals surface area (Å²) in [5.74, 6) is 6.41. The van der Waals surface area contributed by atoms with Gasteiger partial charge in [0, 0.05) is 30.9 Å². The molecule has 2 aromatic carbocycles. The zero-order valence-corrected chi connectivity index (χ0v) is 24.8. The maximum Gasteiger partial charge on any atom is 0.407 e. The monoisotopic (exact) mass is 591 g/mol. The Labute approximate surface area is 244 Å². The first-order valence-electron chi connectivity index (χ1n) is 13.6. The highest BCUT2D eigenvalue weighted by atomic mass is 32.2. The van der Waals surface area contributed by atoms with E-state index in [0.29, 0.717) is 46.4 Å². The van der Waals surface area contributed by atoms with Crippen LogP contribution in [-0.2, 0) is 19.6 Å². The number of sulfonamides is 1. The number of rotatable bonds is 6. The predicted octanol–water partition coefficient (Wildman–Crippen LogP) is 3.95. The Hall–Kier alpha value is -4.30. The number of alkyl carbamates (subject to hydrolysis) is 1. The van der Waals surface area contributed by atoms with Gasteiger partial charge in [0.2, 0.25) is 15.9 Å². The van der Waals surface area contributed by atoms with Crippen molar-refractivity contribution < 1.29 is 27.2 Å². The largest absolute Gasteiger partial charge is 0.463 e. The topological polar surface area (TPSA) is 135 Å². The summed E-state index contributed by atoms with van der Waals surface area (Å²) in [6.45, 7) is 6.71. The van der Waals surface area contributed by atoms with Gasteiger partial charge >= 0.3 is 6.09 Å². The first-order valence-corrected chi connectivity index (χ1v) is 15.5. The van der Waals surface area contributed by atoms with Crippen LogP contribution in [0.3, 0.4) is 0 Å². The Bertz CT molecular complexity index is 1770. The summed E-state index contributed by atoms with van der Waals surface area (Å²) in [6.07, 6.45) is 3.42. The number of benzene rings is 2. The van der Waals surface area contributed by atoms with Gasteiger partial charge in [0.1, 0.15) is 17.4 Å². The lowest BCUT2D eigenvalue weighted by Gasteiger charge is -2.39. The molecule has 3 aromatic rings. The number of likely N-dealkylation sites (tertiary alicyclic amines) is 1. The molecule has 1 aliphatic carbocycles. The first-order chi connectivity index (χ1) is 19.7. The third-order valence-corrected chi connectivity index (χ3v) is 7.75. The Kier molecular flexibility index (Phi) is 7.53. The molecule has 2 amide bonds. The molecule has 1 aliphatic heterocycles. The number of ether oxygens (including phenoxy) is 1. The number of hydrogen-bond acceptors (Lipinski definition) is 7. The molecule has 2 aliphatic rings. The second-order valence-electron chi connectivity index (χ2n) is 12.0.